The van der Waals surface area contributed by atoms with Crippen LogP contribution in [0.1, 0.15) is 38.3 Å². The van der Waals surface area contributed by atoms with E-state index in [2.05, 4.69) is 131 Å². The maximum atomic E-state index is 4.59. The highest BCUT2D eigenvalue weighted by Gasteiger charge is 2.07. The lowest BCUT2D eigenvalue weighted by Crippen LogP contribution is -2.32. The molecule has 3 rings (SSSR count). The summed E-state index contributed by atoms with van der Waals surface area (Å²) in [6.45, 7) is 15.3. The van der Waals surface area contributed by atoms with E-state index in [1.807, 2.05) is 56.5 Å². The summed E-state index contributed by atoms with van der Waals surface area (Å²) in [6, 6.07) is 20.7. The van der Waals surface area contributed by atoms with Gasteiger partial charge in [0.15, 0.2) is 0 Å². The van der Waals surface area contributed by atoms with E-state index < -0.39 is 0 Å². The van der Waals surface area contributed by atoms with Gasteiger partial charge in [0.2, 0.25) is 0 Å². The van der Waals surface area contributed by atoms with Crippen LogP contribution in [0.4, 0.5) is 0 Å². The number of aliphatic imine (C=N–C) groups is 1. The molecule has 4 nitrogen and oxygen atoms in total. The van der Waals surface area contributed by atoms with Crippen LogP contribution in [0, 0.1) is 0 Å². The number of rotatable bonds is 15. The van der Waals surface area contributed by atoms with Crippen molar-refractivity contribution in [3.8, 4) is 0 Å². The second-order valence-electron chi connectivity index (χ2n) is 9.18. The van der Waals surface area contributed by atoms with Crippen LogP contribution in [0.5, 0.6) is 0 Å². The molecule has 0 aromatic heterocycles. The molecule has 0 N–H and O–H groups in total. The molecule has 0 fully saturated rings. The molecule has 216 valence electrons. The van der Waals surface area contributed by atoms with Gasteiger partial charge in [-0.05, 0) is 29.2 Å². The van der Waals surface area contributed by atoms with Crippen LogP contribution < -0.4 is 0 Å². The van der Waals surface area contributed by atoms with Crippen molar-refractivity contribution in [3.05, 3.63) is 145 Å². The van der Waals surface area contributed by atoms with E-state index in [9.17, 15) is 0 Å². The fourth-order valence-electron chi connectivity index (χ4n) is 3.96. The quantitative estimate of drug-likeness (QED) is 0.165. The maximum absolute atomic E-state index is 4.59. The summed E-state index contributed by atoms with van der Waals surface area (Å²) in [7, 11) is 0. The number of allylic oxidation sites excluding steroid dienone is 5. The third-order valence-electron chi connectivity index (χ3n) is 6.15. The monoisotopic (exact) mass is 548 g/mol. The normalized spacial score (nSPS) is 14.1. The van der Waals surface area contributed by atoms with Crippen molar-refractivity contribution in [2.24, 2.45) is 4.99 Å². The zero-order valence-electron chi connectivity index (χ0n) is 25.2. The number of benzene rings is 2. The summed E-state index contributed by atoms with van der Waals surface area (Å²) >= 11 is 0. The third kappa shape index (κ3) is 14.6. The Hall–Kier alpha value is -4.31. The first-order valence-corrected chi connectivity index (χ1v) is 14.8. The molecule has 0 saturated carbocycles. The second-order valence-corrected chi connectivity index (χ2v) is 9.18. The summed E-state index contributed by atoms with van der Waals surface area (Å²) in [5, 5.41) is 0. The van der Waals surface area contributed by atoms with Crippen molar-refractivity contribution in [1.82, 2.24) is 14.7 Å². The molecule has 1 aliphatic rings. The first kappa shape index (κ1) is 32.9. The van der Waals surface area contributed by atoms with E-state index in [0.29, 0.717) is 0 Å². The Morgan fingerprint density at radius 1 is 0.927 bits per heavy atom. The van der Waals surface area contributed by atoms with Crippen molar-refractivity contribution >= 4 is 18.4 Å². The lowest BCUT2D eigenvalue weighted by molar-refractivity contribution is 0.319. The minimum atomic E-state index is 0.734. The third-order valence-corrected chi connectivity index (χ3v) is 6.15. The molecule has 4 heteroatoms. The van der Waals surface area contributed by atoms with Crippen LogP contribution in [0.25, 0.3) is 12.2 Å². The molecule has 0 aliphatic carbocycles. The van der Waals surface area contributed by atoms with Gasteiger partial charge >= 0.3 is 0 Å². The molecule has 0 spiro atoms. The molecule has 1 aliphatic heterocycles. The van der Waals surface area contributed by atoms with Crippen LogP contribution in [-0.4, -0.2) is 60.2 Å². The van der Waals surface area contributed by atoms with Crippen molar-refractivity contribution < 1.29 is 0 Å². The van der Waals surface area contributed by atoms with Crippen LogP contribution in [0.15, 0.2) is 139 Å². The number of nitrogens with zero attached hydrogens (tertiary/aromatic N) is 4. The fourth-order valence-corrected chi connectivity index (χ4v) is 3.96. The van der Waals surface area contributed by atoms with E-state index in [4.69, 9.17) is 0 Å². The smallest absolute Gasteiger partial charge is 0.0564 e. The van der Waals surface area contributed by atoms with Gasteiger partial charge in [-0.2, -0.15) is 0 Å². The van der Waals surface area contributed by atoms with Gasteiger partial charge < -0.3 is 14.7 Å². The molecule has 2 aromatic carbocycles. The van der Waals surface area contributed by atoms with Crippen molar-refractivity contribution in [2.45, 2.75) is 27.2 Å². The van der Waals surface area contributed by atoms with E-state index in [-0.39, 0.29) is 0 Å². The van der Waals surface area contributed by atoms with E-state index in [0.717, 1.165) is 45.7 Å². The molecule has 0 bridgehead atoms. The molecule has 0 amide bonds. The van der Waals surface area contributed by atoms with E-state index in [1.165, 1.54) is 16.7 Å². The average Bonchev–Trinajstić information content (AvgIpc) is 3.03. The van der Waals surface area contributed by atoms with Crippen LogP contribution in [0.2, 0.25) is 0 Å². The van der Waals surface area contributed by atoms with E-state index in [1.54, 1.807) is 0 Å². The Balaban J connectivity index is 0.00000287. The summed E-state index contributed by atoms with van der Waals surface area (Å²) in [5.74, 6) is 0. The molecule has 0 radical (unpaired) electrons. The highest BCUT2D eigenvalue weighted by atomic mass is 15.2. The first-order chi connectivity index (χ1) is 20.3. The Kier molecular flexibility index (Phi) is 17.3. The van der Waals surface area contributed by atoms with Gasteiger partial charge in [0.25, 0.3) is 0 Å². The molecule has 2 aromatic rings. The second kappa shape index (κ2) is 21.5. The zero-order chi connectivity index (χ0) is 29.4. The Morgan fingerprint density at radius 3 is 2.27 bits per heavy atom. The summed E-state index contributed by atoms with van der Waals surface area (Å²) in [6.07, 6.45) is 28.5. The van der Waals surface area contributed by atoms with Gasteiger partial charge in [0, 0.05) is 63.7 Å². The molecule has 0 atom stereocenters. The summed E-state index contributed by atoms with van der Waals surface area (Å²) in [5.41, 5.74) is 3.57. The SMILES string of the molecule is C=CC(/C=C/CN1C=CN(/C=C/N(C/C=C/c2ccccc2)CCN=C/C=C/c2ccccc2)CC1)=C\CC.CC. The van der Waals surface area contributed by atoms with Crippen molar-refractivity contribution in [1.29, 1.82) is 0 Å². The topological polar surface area (TPSA) is 22.1 Å². The molecule has 1 heterocycles. The van der Waals surface area contributed by atoms with E-state index >= 15 is 0 Å². The molecule has 0 saturated heterocycles. The Bertz CT molecular complexity index is 1170. The number of hydrogen-bond donors (Lipinski definition) is 0. The van der Waals surface area contributed by atoms with Gasteiger partial charge in [-0.15, -0.1) is 0 Å². The van der Waals surface area contributed by atoms with Crippen molar-refractivity contribution in [2.75, 3.05) is 39.3 Å². The average molecular weight is 549 g/mol. The molecular formula is C37H48N4. The molecule has 0 unspecified atom stereocenters. The largest absolute Gasteiger partial charge is 0.371 e. The highest BCUT2D eigenvalue weighted by molar-refractivity contribution is 5.78. The van der Waals surface area contributed by atoms with Gasteiger partial charge in [0.05, 0.1) is 6.54 Å². The minimum Gasteiger partial charge on any atom is -0.371 e. The lowest BCUT2D eigenvalue weighted by atomic mass is 10.2. The summed E-state index contributed by atoms with van der Waals surface area (Å²) in [4.78, 5) is 11.5. The predicted octanol–water partition coefficient (Wildman–Crippen LogP) is 8.45. The number of hydrogen-bond acceptors (Lipinski definition) is 4. The maximum Gasteiger partial charge on any atom is 0.0564 e. The lowest BCUT2D eigenvalue weighted by Gasteiger charge is -2.29. The minimum absolute atomic E-state index is 0.734. The van der Waals surface area contributed by atoms with Crippen LogP contribution in [-0.2, 0) is 0 Å². The predicted molar refractivity (Wildman–Crippen MR) is 182 cm³/mol. The Morgan fingerprint density at radius 2 is 1.63 bits per heavy atom. The van der Waals surface area contributed by atoms with Gasteiger partial charge in [-0.25, -0.2) is 0 Å². The summed E-state index contributed by atoms with van der Waals surface area (Å²) < 4.78 is 0. The molecule has 41 heavy (non-hydrogen) atoms. The first-order valence-electron chi connectivity index (χ1n) is 14.8. The van der Waals surface area contributed by atoms with Gasteiger partial charge in [-0.3, -0.25) is 4.99 Å². The van der Waals surface area contributed by atoms with Crippen LogP contribution >= 0.6 is 0 Å². The fraction of sp³-hybridized carbons (Fsp3) is 0.270. The Labute approximate surface area is 249 Å². The van der Waals surface area contributed by atoms with Gasteiger partial charge in [-0.1, -0.05) is 131 Å². The standard InChI is InChI=1S/C35H42N4.C2H6/c1-3-14-33(4-2)20-12-25-38-28-31-39(32-29-38)30-27-37(24-13-21-35-17-9-6-10-18-35)26-23-36-22-11-19-34-15-7-5-8-16-34;1-2/h4-22,27-28,30-31H,2-3,23-26,29,32H2,1H3;1-2H3/b19-11+,20-12+,21-13+,30-27+,33-14+,36-22?;. The zero-order valence-corrected chi connectivity index (χ0v) is 25.2. The van der Waals surface area contributed by atoms with Crippen molar-refractivity contribution in [3.63, 3.8) is 0 Å². The van der Waals surface area contributed by atoms with Gasteiger partial charge in [0.1, 0.15) is 0 Å². The molecular weight excluding hydrogens is 500 g/mol. The highest BCUT2D eigenvalue weighted by Crippen LogP contribution is 2.07. The van der Waals surface area contributed by atoms with Crippen LogP contribution in [0.3, 0.4) is 0 Å².